The van der Waals surface area contributed by atoms with E-state index in [0.29, 0.717) is 19.5 Å². The van der Waals surface area contributed by atoms with Gasteiger partial charge in [-0.3, -0.25) is 9.59 Å². The number of aliphatic hydroxyl groups is 1. The highest BCUT2D eigenvalue weighted by Gasteiger charge is 2.33. The fourth-order valence-corrected chi connectivity index (χ4v) is 4.50. The Hall–Kier alpha value is -3.50. The zero-order valence-electron chi connectivity index (χ0n) is 22.4. The van der Waals surface area contributed by atoms with Crippen LogP contribution in [0.3, 0.4) is 0 Å². The number of fused-ring (bicyclic) bond motifs is 3. The number of amides is 2. The lowest BCUT2D eigenvalue weighted by molar-refractivity contribution is -0.149. The molecule has 0 radical (unpaired) electrons. The quantitative estimate of drug-likeness (QED) is 0.473. The first-order valence-electron chi connectivity index (χ1n) is 13.0. The fraction of sp³-hybridized carbons (Fsp3) is 0.500. The lowest BCUT2D eigenvalue weighted by atomic mass is 9.94. The molecule has 0 unspecified atom stereocenters. The number of rotatable bonds is 1. The van der Waals surface area contributed by atoms with Crippen molar-refractivity contribution in [1.29, 1.82) is 0 Å². The summed E-state index contributed by atoms with van der Waals surface area (Å²) in [6, 6.07) is -0.459. The van der Waals surface area contributed by atoms with Gasteiger partial charge < -0.3 is 30.2 Å². The smallest absolute Gasteiger partial charge is 0.355 e. The van der Waals surface area contributed by atoms with Gasteiger partial charge >= 0.3 is 5.97 Å². The van der Waals surface area contributed by atoms with Gasteiger partial charge in [0.2, 0.25) is 5.91 Å². The normalized spacial score (nSPS) is 27.3. The van der Waals surface area contributed by atoms with E-state index in [1.807, 2.05) is 27.7 Å². The molecule has 0 fully saturated rings. The Bertz CT molecular complexity index is 1130. The summed E-state index contributed by atoms with van der Waals surface area (Å²) >= 11 is 0. The predicted molar refractivity (Wildman–Crippen MR) is 141 cm³/mol. The van der Waals surface area contributed by atoms with Crippen molar-refractivity contribution in [2.75, 3.05) is 13.1 Å². The van der Waals surface area contributed by atoms with Crippen LogP contribution >= 0.6 is 0 Å². The van der Waals surface area contributed by atoms with Crippen molar-refractivity contribution >= 4 is 17.8 Å². The summed E-state index contributed by atoms with van der Waals surface area (Å²) in [6.07, 6.45) is 11.0. The second-order valence-electron chi connectivity index (χ2n) is 10.1. The molecule has 0 aromatic carbocycles. The Labute approximate surface area is 223 Å². The van der Waals surface area contributed by atoms with Crippen LogP contribution in [0.2, 0.25) is 0 Å². The molecule has 206 valence electrons. The molecule has 3 rings (SSSR count). The van der Waals surface area contributed by atoms with Crippen molar-refractivity contribution in [3.05, 3.63) is 65.6 Å². The molecule has 2 aliphatic rings. The number of cyclic esters (lactones) is 1. The SMILES string of the molecule is CC1=C[C@@H](O)C[C@H](N)Cc2nc(co2)C(=O)N2CCC=C2C(=O)O[C@H](C(C)C)[C@H](C)/C=C/C(=O)NCC=C1. The van der Waals surface area contributed by atoms with Crippen molar-refractivity contribution in [2.24, 2.45) is 17.6 Å². The number of oxazole rings is 1. The number of hydrogen-bond donors (Lipinski definition) is 3. The van der Waals surface area contributed by atoms with Crippen LogP contribution in [0.4, 0.5) is 0 Å². The minimum absolute atomic E-state index is 0.0300. The molecule has 4 atom stereocenters. The summed E-state index contributed by atoms with van der Waals surface area (Å²) in [6.45, 7) is 8.21. The average Bonchev–Trinajstić information content (AvgIpc) is 3.52. The minimum Gasteiger partial charge on any atom is -0.457 e. The van der Waals surface area contributed by atoms with Gasteiger partial charge in [-0.1, -0.05) is 56.7 Å². The van der Waals surface area contributed by atoms with Crippen molar-refractivity contribution < 1.29 is 28.6 Å². The van der Waals surface area contributed by atoms with E-state index in [1.54, 1.807) is 30.4 Å². The summed E-state index contributed by atoms with van der Waals surface area (Å²) < 4.78 is 11.3. The predicted octanol–water partition coefficient (Wildman–Crippen LogP) is 2.42. The molecule has 2 amide bonds. The Kier molecular flexibility index (Phi) is 10.2. The number of ether oxygens (including phenoxy) is 1. The van der Waals surface area contributed by atoms with Gasteiger partial charge in [0.25, 0.3) is 5.91 Å². The third kappa shape index (κ3) is 8.00. The first kappa shape index (κ1) is 29.1. The molecule has 2 bridgehead atoms. The van der Waals surface area contributed by atoms with Gasteiger partial charge in [-0.05, 0) is 31.8 Å². The van der Waals surface area contributed by atoms with Crippen LogP contribution in [0, 0.1) is 11.8 Å². The zero-order chi connectivity index (χ0) is 27.8. The van der Waals surface area contributed by atoms with Gasteiger partial charge in [0.15, 0.2) is 11.6 Å². The van der Waals surface area contributed by atoms with Crippen molar-refractivity contribution in [3.8, 4) is 0 Å². The van der Waals surface area contributed by atoms with E-state index in [-0.39, 0.29) is 47.9 Å². The summed E-state index contributed by atoms with van der Waals surface area (Å²) in [5, 5.41) is 13.2. The molecule has 2 aliphatic heterocycles. The second-order valence-corrected chi connectivity index (χ2v) is 10.1. The summed E-state index contributed by atoms with van der Waals surface area (Å²) in [5.74, 6) is -1.35. The molecule has 3 heterocycles. The Morgan fingerprint density at radius 2 is 2.00 bits per heavy atom. The van der Waals surface area contributed by atoms with Crippen LogP contribution in [0.15, 0.2) is 58.4 Å². The van der Waals surface area contributed by atoms with E-state index < -0.39 is 30.1 Å². The van der Waals surface area contributed by atoms with Gasteiger partial charge in [0.1, 0.15) is 18.1 Å². The molecule has 1 aromatic heterocycles. The minimum atomic E-state index is -0.788. The van der Waals surface area contributed by atoms with Crippen LogP contribution in [0.5, 0.6) is 0 Å². The van der Waals surface area contributed by atoms with E-state index in [0.717, 1.165) is 5.57 Å². The van der Waals surface area contributed by atoms with E-state index in [2.05, 4.69) is 10.3 Å². The molecule has 0 spiro atoms. The molecule has 0 saturated carbocycles. The third-order valence-corrected chi connectivity index (χ3v) is 6.39. The number of carbonyl (C=O) groups excluding carboxylic acids is 3. The third-order valence-electron chi connectivity index (χ3n) is 6.39. The van der Waals surface area contributed by atoms with Gasteiger partial charge in [-0.2, -0.15) is 0 Å². The van der Waals surface area contributed by atoms with Crippen molar-refractivity contribution in [2.45, 2.75) is 65.2 Å². The average molecular weight is 527 g/mol. The molecule has 10 heteroatoms. The van der Waals surface area contributed by atoms with Gasteiger partial charge in [0, 0.05) is 31.5 Å². The maximum absolute atomic E-state index is 13.2. The van der Waals surface area contributed by atoms with Crippen LogP contribution in [-0.4, -0.2) is 64.1 Å². The van der Waals surface area contributed by atoms with E-state index >= 15 is 0 Å². The van der Waals surface area contributed by atoms with Gasteiger partial charge in [0.05, 0.1) is 6.10 Å². The lowest BCUT2D eigenvalue weighted by Crippen LogP contribution is -2.36. The van der Waals surface area contributed by atoms with Crippen molar-refractivity contribution in [1.82, 2.24) is 15.2 Å². The standard InChI is InChI=1S/C28H38N4O6/c1-17(2)26-19(4)9-10-24(34)30-11-5-7-18(3)13-21(33)14-20(29)15-25-31-22(16-37-25)27(35)32-12-6-8-23(32)28(36)38-26/h5,7-10,13,16-17,19-21,26,33H,6,11-12,14-15,29H2,1-4H3,(H,30,34)/b7-5?,10-9+,18-13?/t19-,20+,21-,26-/m1/s1. The maximum atomic E-state index is 13.2. The van der Waals surface area contributed by atoms with E-state index in [9.17, 15) is 19.5 Å². The largest absolute Gasteiger partial charge is 0.457 e. The number of nitrogens with two attached hydrogens (primary N) is 1. The first-order valence-corrected chi connectivity index (χ1v) is 13.0. The molecule has 4 N–H and O–H groups in total. The summed E-state index contributed by atoms with van der Waals surface area (Å²) in [7, 11) is 0. The number of aromatic nitrogens is 1. The fourth-order valence-electron chi connectivity index (χ4n) is 4.50. The second kappa shape index (κ2) is 13.3. The number of allylic oxidation sites excluding steroid dienone is 2. The molecule has 0 aliphatic carbocycles. The highest BCUT2D eigenvalue weighted by atomic mass is 16.5. The molecule has 1 aromatic rings. The topological polar surface area (TPSA) is 148 Å². The van der Waals surface area contributed by atoms with Gasteiger partial charge in [-0.15, -0.1) is 0 Å². The molecular formula is C28H38N4O6. The first-order chi connectivity index (χ1) is 18.0. The Morgan fingerprint density at radius 3 is 2.74 bits per heavy atom. The molecular weight excluding hydrogens is 488 g/mol. The van der Waals surface area contributed by atoms with E-state index in [4.69, 9.17) is 14.9 Å². The number of esters is 1. The van der Waals surface area contributed by atoms with Gasteiger partial charge in [-0.25, -0.2) is 9.78 Å². The monoisotopic (exact) mass is 526 g/mol. The Morgan fingerprint density at radius 1 is 1.24 bits per heavy atom. The number of nitrogens with one attached hydrogen (secondary N) is 1. The maximum Gasteiger partial charge on any atom is 0.355 e. The van der Waals surface area contributed by atoms with Crippen LogP contribution in [0.25, 0.3) is 0 Å². The number of hydrogen-bond acceptors (Lipinski definition) is 8. The summed E-state index contributed by atoms with van der Waals surface area (Å²) in [4.78, 5) is 44.2. The highest BCUT2D eigenvalue weighted by Crippen LogP contribution is 2.24. The number of aliphatic hydroxyl groups excluding tert-OH is 1. The Balaban J connectivity index is 1.86. The summed E-state index contributed by atoms with van der Waals surface area (Å²) in [5.41, 5.74) is 7.23. The van der Waals surface area contributed by atoms with Crippen LogP contribution < -0.4 is 11.1 Å². The molecule has 0 saturated heterocycles. The highest BCUT2D eigenvalue weighted by molar-refractivity contribution is 6.00. The number of nitrogens with zero attached hydrogens (tertiary/aromatic N) is 2. The van der Waals surface area contributed by atoms with E-state index in [1.165, 1.54) is 17.2 Å². The zero-order valence-corrected chi connectivity index (χ0v) is 22.4. The number of carbonyl (C=O) groups is 3. The lowest BCUT2D eigenvalue weighted by Gasteiger charge is -2.27. The van der Waals surface area contributed by atoms with Crippen LogP contribution in [0.1, 0.15) is 56.9 Å². The van der Waals surface area contributed by atoms with Crippen molar-refractivity contribution in [3.63, 3.8) is 0 Å². The van der Waals surface area contributed by atoms with Crippen LogP contribution in [-0.2, 0) is 20.7 Å². The molecule has 38 heavy (non-hydrogen) atoms. The molecule has 10 nitrogen and oxygen atoms in total.